The number of hydrogen-bond acceptors (Lipinski definition) is 6. The van der Waals surface area contributed by atoms with Crippen molar-refractivity contribution < 1.29 is 13.2 Å². The van der Waals surface area contributed by atoms with Crippen molar-refractivity contribution in [1.82, 2.24) is 14.6 Å². The number of amides is 1. The van der Waals surface area contributed by atoms with Gasteiger partial charge in [-0.15, -0.1) is 11.3 Å². The van der Waals surface area contributed by atoms with Crippen molar-refractivity contribution in [2.45, 2.75) is 6.42 Å². The number of aromatic nitrogens is 1. The molecule has 1 fully saturated rings. The maximum atomic E-state index is 12.7. The maximum Gasteiger partial charge on any atom is 0.264 e. The molecular formula is C17H22N4O3S2. The van der Waals surface area contributed by atoms with Gasteiger partial charge in [-0.05, 0) is 30.7 Å². The van der Waals surface area contributed by atoms with Crippen molar-refractivity contribution in [3.8, 4) is 0 Å². The minimum absolute atomic E-state index is 0.0398. The highest BCUT2D eigenvalue weighted by molar-refractivity contribution is 7.88. The van der Waals surface area contributed by atoms with Crippen molar-refractivity contribution in [3.05, 3.63) is 46.3 Å². The van der Waals surface area contributed by atoms with E-state index in [1.54, 1.807) is 6.20 Å². The molecular weight excluding hydrogens is 372 g/mol. The second-order valence-corrected chi connectivity index (χ2v) is 9.15. The quantitative estimate of drug-likeness (QED) is 0.796. The van der Waals surface area contributed by atoms with Gasteiger partial charge in [0.25, 0.3) is 5.91 Å². The smallest absolute Gasteiger partial charge is 0.264 e. The molecule has 0 aromatic carbocycles. The van der Waals surface area contributed by atoms with E-state index in [9.17, 15) is 13.2 Å². The van der Waals surface area contributed by atoms with Gasteiger partial charge in [-0.1, -0.05) is 6.07 Å². The normalized spacial score (nSPS) is 15.3. The van der Waals surface area contributed by atoms with Crippen molar-refractivity contribution in [3.63, 3.8) is 0 Å². The zero-order chi connectivity index (χ0) is 18.6. The van der Waals surface area contributed by atoms with Crippen LogP contribution in [0.25, 0.3) is 0 Å². The summed E-state index contributed by atoms with van der Waals surface area (Å²) in [7, 11) is -3.18. The standard InChI is InChI=1S/C17H22N4O3S2/c1-26(23,24)19-9-7-14-5-6-15(25-14)17(22)21-12-10-20(11-13-21)16-4-2-3-8-18-16/h2-6,8,19H,7,9-13H2,1H3. The first-order chi connectivity index (χ1) is 12.4. The van der Waals surface area contributed by atoms with Gasteiger partial charge in [0.15, 0.2) is 0 Å². The summed E-state index contributed by atoms with van der Waals surface area (Å²) in [5.41, 5.74) is 0. The van der Waals surface area contributed by atoms with E-state index < -0.39 is 10.0 Å². The number of carbonyl (C=O) groups is 1. The lowest BCUT2D eigenvalue weighted by molar-refractivity contribution is 0.0751. The molecule has 0 radical (unpaired) electrons. The zero-order valence-electron chi connectivity index (χ0n) is 14.6. The topological polar surface area (TPSA) is 82.6 Å². The molecule has 0 spiro atoms. The summed E-state index contributed by atoms with van der Waals surface area (Å²) in [4.78, 5) is 22.8. The molecule has 2 aromatic heterocycles. The van der Waals surface area contributed by atoms with E-state index in [1.165, 1.54) is 11.3 Å². The summed E-state index contributed by atoms with van der Waals surface area (Å²) < 4.78 is 24.7. The number of piperazine rings is 1. The zero-order valence-corrected chi connectivity index (χ0v) is 16.2. The largest absolute Gasteiger partial charge is 0.353 e. The fourth-order valence-electron chi connectivity index (χ4n) is 2.82. The van der Waals surface area contributed by atoms with Gasteiger partial charge < -0.3 is 9.80 Å². The average Bonchev–Trinajstić information content (AvgIpc) is 3.10. The lowest BCUT2D eigenvalue weighted by Gasteiger charge is -2.35. The minimum atomic E-state index is -3.18. The van der Waals surface area contributed by atoms with Crippen LogP contribution in [0.15, 0.2) is 36.5 Å². The van der Waals surface area contributed by atoms with E-state index in [4.69, 9.17) is 0 Å². The Bertz CT molecular complexity index is 844. The Labute approximate surface area is 157 Å². The summed E-state index contributed by atoms with van der Waals surface area (Å²) in [6, 6.07) is 9.56. The molecule has 1 N–H and O–H groups in total. The highest BCUT2D eigenvalue weighted by Gasteiger charge is 2.23. The number of nitrogens with zero attached hydrogens (tertiary/aromatic N) is 3. The molecule has 0 saturated carbocycles. The van der Waals surface area contributed by atoms with Gasteiger partial charge in [-0.2, -0.15) is 0 Å². The number of thiophene rings is 1. The second kappa shape index (κ2) is 8.15. The van der Waals surface area contributed by atoms with Gasteiger partial charge in [0.1, 0.15) is 5.82 Å². The van der Waals surface area contributed by atoms with E-state index in [0.717, 1.165) is 30.0 Å². The number of sulfonamides is 1. The van der Waals surface area contributed by atoms with Crippen LogP contribution in [0.2, 0.25) is 0 Å². The van der Waals surface area contributed by atoms with E-state index in [1.807, 2.05) is 35.2 Å². The molecule has 7 nitrogen and oxygen atoms in total. The Morgan fingerprint density at radius 3 is 2.62 bits per heavy atom. The van der Waals surface area contributed by atoms with E-state index in [-0.39, 0.29) is 5.91 Å². The summed E-state index contributed by atoms with van der Waals surface area (Å²) in [5.74, 6) is 0.981. The molecule has 140 valence electrons. The van der Waals surface area contributed by atoms with Crippen molar-refractivity contribution >= 4 is 33.1 Å². The first-order valence-electron chi connectivity index (χ1n) is 8.41. The molecule has 0 bridgehead atoms. The molecule has 1 aliphatic heterocycles. The molecule has 1 saturated heterocycles. The Morgan fingerprint density at radius 2 is 1.96 bits per heavy atom. The van der Waals surface area contributed by atoms with Crippen LogP contribution < -0.4 is 9.62 Å². The first-order valence-corrected chi connectivity index (χ1v) is 11.1. The summed E-state index contributed by atoms with van der Waals surface area (Å²) in [5, 5.41) is 0. The van der Waals surface area contributed by atoms with Gasteiger partial charge in [0.2, 0.25) is 10.0 Å². The third-order valence-corrected chi connectivity index (χ3v) is 6.01. The van der Waals surface area contributed by atoms with Crippen LogP contribution in [0.3, 0.4) is 0 Å². The van der Waals surface area contributed by atoms with Gasteiger partial charge in [-0.25, -0.2) is 18.1 Å². The van der Waals surface area contributed by atoms with E-state index >= 15 is 0 Å². The molecule has 1 aliphatic rings. The third-order valence-electron chi connectivity index (χ3n) is 4.15. The van der Waals surface area contributed by atoms with Crippen molar-refractivity contribution in [1.29, 1.82) is 0 Å². The van der Waals surface area contributed by atoms with Crippen LogP contribution in [0.4, 0.5) is 5.82 Å². The Morgan fingerprint density at radius 1 is 1.19 bits per heavy atom. The fraction of sp³-hybridized carbons (Fsp3) is 0.412. The van der Waals surface area contributed by atoms with Gasteiger partial charge in [-0.3, -0.25) is 4.79 Å². The number of carbonyl (C=O) groups excluding carboxylic acids is 1. The van der Waals surface area contributed by atoms with Gasteiger partial charge in [0, 0.05) is 43.8 Å². The number of anilines is 1. The van der Waals surface area contributed by atoms with Crippen LogP contribution in [0.1, 0.15) is 14.5 Å². The lowest BCUT2D eigenvalue weighted by Crippen LogP contribution is -2.48. The van der Waals surface area contributed by atoms with Crippen LogP contribution in [0.5, 0.6) is 0 Å². The molecule has 9 heteroatoms. The molecule has 3 rings (SSSR count). The molecule has 0 unspecified atom stereocenters. The van der Waals surface area contributed by atoms with Crippen LogP contribution in [-0.4, -0.2) is 63.2 Å². The Hall–Kier alpha value is -1.97. The number of nitrogens with one attached hydrogen (secondary N) is 1. The first kappa shape index (κ1) is 18.8. The Kier molecular flexibility index (Phi) is 5.90. The maximum absolute atomic E-state index is 12.7. The molecule has 1 amide bonds. The minimum Gasteiger partial charge on any atom is -0.353 e. The van der Waals surface area contributed by atoms with Crippen molar-refractivity contribution in [2.75, 3.05) is 43.9 Å². The number of hydrogen-bond donors (Lipinski definition) is 1. The van der Waals surface area contributed by atoms with Crippen LogP contribution in [-0.2, 0) is 16.4 Å². The highest BCUT2D eigenvalue weighted by atomic mass is 32.2. The summed E-state index contributed by atoms with van der Waals surface area (Å²) in [6.45, 7) is 3.20. The SMILES string of the molecule is CS(=O)(=O)NCCc1ccc(C(=O)N2CCN(c3ccccn3)CC2)s1. The molecule has 26 heavy (non-hydrogen) atoms. The molecule has 2 aromatic rings. The van der Waals surface area contributed by atoms with Gasteiger partial charge in [0.05, 0.1) is 11.1 Å². The predicted octanol–water partition coefficient (Wildman–Crippen LogP) is 1.20. The summed E-state index contributed by atoms with van der Waals surface area (Å²) >= 11 is 1.43. The van der Waals surface area contributed by atoms with E-state index in [0.29, 0.717) is 30.9 Å². The third kappa shape index (κ3) is 5.03. The Balaban J connectivity index is 1.52. The second-order valence-electron chi connectivity index (χ2n) is 6.15. The van der Waals surface area contributed by atoms with E-state index in [2.05, 4.69) is 14.6 Å². The highest BCUT2D eigenvalue weighted by Crippen LogP contribution is 2.20. The lowest BCUT2D eigenvalue weighted by atomic mass is 10.2. The average molecular weight is 395 g/mol. The molecule has 3 heterocycles. The molecule has 0 aliphatic carbocycles. The van der Waals surface area contributed by atoms with Crippen molar-refractivity contribution in [2.24, 2.45) is 0 Å². The fourth-order valence-corrected chi connectivity index (χ4v) is 4.27. The van der Waals surface area contributed by atoms with Gasteiger partial charge >= 0.3 is 0 Å². The summed E-state index contributed by atoms with van der Waals surface area (Å²) in [6.07, 6.45) is 3.50. The van der Waals surface area contributed by atoms with Crippen LogP contribution >= 0.6 is 11.3 Å². The number of rotatable bonds is 6. The molecule has 0 atom stereocenters. The number of pyridine rings is 1. The predicted molar refractivity (Wildman–Crippen MR) is 103 cm³/mol. The van der Waals surface area contributed by atoms with Crippen LogP contribution in [0, 0.1) is 0 Å². The monoisotopic (exact) mass is 394 g/mol.